The topological polar surface area (TPSA) is 55.2 Å². The third-order valence-electron chi connectivity index (χ3n) is 6.23. The zero-order valence-electron chi connectivity index (χ0n) is 20.6. The van der Waals surface area contributed by atoms with Gasteiger partial charge in [0.2, 0.25) is 0 Å². The van der Waals surface area contributed by atoms with Crippen LogP contribution in [0.3, 0.4) is 0 Å². The highest BCUT2D eigenvalue weighted by Gasteiger charge is 2.30. The molecule has 1 amide bonds. The molecule has 0 saturated heterocycles. The maximum absolute atomic E-state index is 14.0. The van der Waals surface area contributed by atoms with Gasteiger partial charge in [-0.2, -0.15) is 0 Å². The number of para-hydroxylation sites is 1. The predicted octanol–water partition coefficient (Wildman–Crippen LogP) is 6.93. The van der Waals surface area contributed by atoms with E-state index in [-0.39, 0.29) is 17.0 Å². The number of halogens is 2. The first-order valence-electron chi connectivity index (χ1n) is 12.1. The van der Waals surface area contributed by atoms with Crippen molar-refractivity contribution in [3.63, 3.8) is 0 Å². The van der Waals surface area contributed by atoms with Gasteiger partial charge in [0.05, 0.1) is 22.6 Å². The fourth-order valence-electron chi connectivity index (χ4n) is 4.34. The zero-order chi connectivity index (χ0) is 25.8. The second-order valence-corrected chi connectivity index (χ2v) is 10.1. The molecule has 0 fully saturated rings. The minimum absolute atomic E-state index is 0.196. The van der Waals surface area contributed by atoms with E-state index in [1.807, 2.05) is 49.4 Å². The van der Waals surface area contributed by atoms with E-state index in [1.54, 1.807) is 21.6 Å². The summed E-state index contributed by atoms with van der Waals surface area (Å²) in [4.78, 5) is 34.2. The van der Waals surface area contributed by atoms with Crippen molar-refractivity contribution in [2.45, 2.75) is 39.7 Å². The highest BCUT2D eigenvalue weighted by molar-refractivity contribution is 9.10. The van der Waals surface area contributed by atoms with Crippen LogP contribution in [0, 0.1) is 11.7 Å². The fraction of sp³-hybridized carbons (Fsp3) is 0.276. The molecular formula is C29H29BrFN3O2. The third-order valence-corrected chi connectivity index (χ3v) is 6.76. The first-order chi connectivity index (χ1) is 17.3. The van der Waals surface area contributed by atoms with E-state index < -0.39 is 11.9 Å². The number of nitrogens with zero attached hydrogens (tertiary/aromatic N) is 3. The summed E-state index contributed by atoms with van der Waals surface area (Å²) in [6.07, 6.45) is 1.29. The second kappa shape index (κ2) is 11.2. The number of carbonyl (C=O) groups excluding carboxylic acids is 1. The summed E-state index contributed by atoms with van der Waals surface area (Å²) < 4.78 is 16.5. The second-order valence-electron chi connectivity index (χ2n) is 9.22. The van der Waals surface area contributed by atoms with E-state index in [9.17, 15) is 14.0 Å². The van der Waals surface area contributed by atoms with Gasteiger partial charge in [-0.25, -0.2) is 9.37 Å². The van der Waals surface area contributed by atoms with Gasteiger partial charge in [-0.15, -0.1) is 0 Å². The van der Waals surface area contributed by atoms with Crippen molar-refractivity contribution in [3.05, 3.63) is 105 Å². The van der Waals surface area contributed by atoms with Crippen LogP contribution in [-0.2, 0) is 0 Å². The van der Waals surface area contributed by atoms with E-state index in [0.29, 0.717) is 41.3 Å². The average molecular weight is 550 g/mol. The van der Waals surface area contributed by atoms with Crippen LogP contribution in [0.2, 0.25) is 0 Å². The molecule has 4 rings (SSSR count). The fourth-order valence-corrected chi connectivity index (χ4v) is 4.60. The van der Waals surface area contributed by atoms with Crippen molar-refractivity contribution in [3.8, 4) is 5.69 Å². The summed E-state index contributed by atoms with van der Waals surface area (Å²) in [6.45, 7) is 6.61. The van der Waals surface area contributed by atoms with Crippen molar-refractivity contribution in [2.24, 2.45) is 5.92 Å². The Labute approximate surface area is 218 Å². The molecule has 1 heterocycles. The molecule has 36 heavy (non-hydrogen) atoms. The van der Waals surface area contributed by atoms with Gasteiger partial charge in [0, 0.05) is 16.6 Å². The van der Waals surface area contributed by atoms with Gasteiger partial charge in [-0.3, -0.25) is 14.2 Å². The smallest absolute Gasteiger partial charge is 0.266 e. The molecule has 0 aliphatic carbocycles. The van der Waals surface area contributed by atoms with Gasteiger partial charge in [0.15, 0.2) is 0 Å². The number of aromatic nitrogens is 2. The maximum atomic E-state index is 14.0. The molecule has 0 saturated carbocycles. The highest BCUT2D eigenvalue weighted by atomic mass is 79.9. The number of carbonyl (C=O) groups is 1. The predicted molar refractivity (Wildman–Crippen MR) is 145 cm³/mol. The minimum atomic E-state index is -0.500. The lowest BCUT2D eigenvalue weighted by atomic mass is 10.0. The Balaban J connectivity index is 1.94. The Bertz CT molecular complexity index is 1430. The Morgan fingerprint density at radius 3 is 2.44 bits per heavy atom. The number of hydrogen-bond donors (Lipinski definition) is 0. The summed E-state index contributed by atoms with van der Waals surface area (Å²) >= 11 is 3.46. The monoisotopic (exact) mass is 549 g/mol. The van der Waals surface area contributed by atoms with Crippen molar-refractivity contribution in [1.29, 1.82) is 0 Å². The minimum Gasteiger partial charge on any atom is -0.328 e. The number of fused-ring (bicyclic) bond motifs is 1. The molecule has 0 bridgehead atoms. The van der Waals surface area contributed by atoms with Crippen LogP contribution in [-0.4, -0.2) is 26.9 Å². The van der Waals surface area contributed by atoms with Gasteiger partial charge in [0.25, 0.3) is 11.5 Å². The van der Waals surface area contributed by atoms with Crippen LogP contribution in [0.25, 0.3) is 16.6 Å². The molecule has 1 aromatic heterocycles. The SMILES string of the molecule is CCC(c1nc2ccccc2c(=O)n1-c1ccc(Br)cc1)N(CCC(C)C)C(=O)c1cccc(F)c1. The molecule has 4 aromatic rings. The number of amides is 1. The van der Waals surface area contributed by atoms with Gasteiger partial charge in [-0.1, -0.05) is 54.9 Å². The molecule has 5 nitrogen and oxygen atoms in total. The summed E-state index contributed by atoms with van der Waals surface area (Å²) in [5.74, 6) is 0.0839. The first kappa shape index (κ1) is 25.8. The lowest BCUT2D eigenvalue weighted by molar-refractivity contribution is 0.0648. The summed E-state index contributed by atoms with van der Waals surface area (Å²) in [7, 11) is 0. The quantitative estimate of drug-likeness (QED) is 0.239. The summed E-state index contributed by atoms with van der Waals surface area (Å²) in [5.41, 5.74) is 1.32. The van der Waals surface area contributed by atoms with Crippen LogP contribution in [0.15, 0.2) is 82.1 Å². The molecule has 186 valence electrons. The molecule has 0 aliphatic rings. The normalized spacial score (nSPS) is 12.2. The molecule has 0 aliphatic heterocycles. The summed E-state index contributed by atoms with van der Waals surface area (Å²) in [6, 6.07) is 19.9. The van der Waals surface area contributed by atoms with E-state index >= 15 is 0 Å². The van der Waals surface area contributed by atoms with Crippen molar-refractivity contribution >= 4 is 32.7 Å². The van der Waals surface area contributed by atoms with Gasteiger partial charge < -0.3 is 4.90 Å². The van der Waals surface area contributed by atoms with E-state index in [4.69, 9.17) is 4.98 Å². The van der Waals surface area contributed by atoms with Gasteiger partial charge in [-0.05, 0) is 73.4 Å². The van der Waals surface area contributed by atoms with Crippen molar-refractivity contribution in [2.75, 3.05) is 6.54 Å². The number of rotatable bonds is 8. The third kappa shape index (κ3) is 5.41. The Kier molecular flexibility index (Phi) is 7.99. The Morgan fingerprint density at radius 1 is 1.06 bits per heavy atom. The Morgan fingerprint density at radius 2 is 1.78 bits per heavy atom. The Hall–Kier alpha value is -3.32. The molecule has 7 heteroatoms. The van der Waals surface area contributed by atoms with Crippen molar-refractivity contribution in [1.82, 2.24) is 14.5 Å². The van der Waals surface area contributed by atoms with Crippen LogP contribution in [0.4, 0.5) is 4.39 Å². The zero-order valence-corrected chi connectivity index (χ0v) is 22.2. The van der Waals surface area contributed by atoms with Crippen LogP contribution in [0.1, 0.15) is 55.8 Å². The standard InChI is InChI=1S/C29H29BrFN3O2/c1-4-26(33(17-16-19(2)3)28(35)20-8-7-9-22(31)18-20)27-32-25-11-6-5-10-24(25)29(36)34(27)23-14-12-21(30)13-15-23/h5-15,18-19,26H,4,16-17H2,1-3H3. The molecule has 1 unspecified atom stereocenters. The van der Waals surface area contributed by atoms with Gasteiger partial charge >= 0.3 is 0 Å². The lowest BCUT2D eigenvalue weighted by Crippen LogP contribution is -2.39. The van der Waals surface area contributed by atoms with Crippen LogP contribution < -0.4 is 5.56 Å². The summed E-state index contributed by atoms with van der Waals surface area (Å²) in [5, 5.41) is 0.504. The first-order valence-corrected chi connectivity index (χ1v) is 12.9. The average Bonchev–Trinajstić information content (AvgIpc) is 2.87. The molecule has 3 aromatic carbocycles. The van der Waals surface area contributed by atoms with Gasteiger partial charge in [0.1, 0.15) is 11.6 Å². The van der Waals surface area contributed by atoms with Crippen LogP contribution in [0.5, 0.6) is 0 Å². The molecule has 0 spiro atoms. The van der Waals surface area contributed by atoms with E-state index in [1.165, 1.54) is 18.2 Å². The number of hydrogen-bond acceptors (Lipinski definition) is 3. The maximum Gasteiger partial charge on any atom is 0.266 e. The largest absolute Gasteiger partial charge is 0.328 e. The van der Waals surface area contributed by atoms with Crippen molar-refractivity contribution < 1.29 is 9.18 Å². The van der Waals surface area contributed by atoms with E-state index in [0.717, 1.165) is 10.9 Å². The van der Waals surface area contributed by atoms with Crippen LogP contribution >= 0.6 is 15.9 Å². The lowest BCUT2D eigenvalue weighted by Gasteiger charge is -2.33. The molecule has 1 atom stereocenters. The molecule has 0 radical (unpaired) electrons. The molecular weight excluding hydrogens is 521 g/mol. The molecule has 0 N–H and O–H groups in total. The highest BCUT2D eigenvalue weighted by Crippen LogP contribution is 2.29. The van der Waals surface area contributed by atoms with E-state index in [2.05, 4.69) is 29.8 Å². The number of benzene rings is 3.